The first-order valence-corrected chi connectivity index (χ1v) is 12.6. The van der Waals surface area contributed by atoms with Gasteiger partial charge in [-0.3, -0.25) is 4.72 Å². The van der Waals surface area contributed by atoms with E-state index in [1.54, 1.807) is 37.9 Å². The fourth-order valence-corrected chi connectivity index (χ4v) is 4.54. The Morgan fingerprint density at radius 3 is 2.34 bits per heavy atom. The molecule has 0 saturated carbocycles. The van der Waals surface area contributed by atoms with Gasteiger partial charge in [0.1, 0.15) is 11.4 Å². The average Bonchev–Trinajstić information content (AvgIpc) is 2.67. The number of hydrogen-bond acceptors (Lipinski definition) is 7. The maximum absolute atomic E-state index is 12.5. The highest BCUT2D eigenvalue weighted by atomic mass is 127. The van der Waals surface area contributed by atoms with Crippen molar-refractivity contribution in [2.24, 2.45) is 0 Å². The van der Waals surface area contributed by atoms with Gasteiger partial charge in [-0.2, -0.15) is 4.98 Å². The molecular weight excluding hydrogens is 549 g/mol. The number of hydrogen-bond donors (Lipinski definition) is 2. The Kier molecular flexibility index (Phi) is 7.32. The minimum absolute atomic E-state index is 0.0497. The van der Waals surface area contributed by atoms with Crippen LogP contribution in [0.25, 0.3) is 0 Å². The van der Waals surface area contributed by atoms with E-state index in [1.807, 2.05) is 0 Å². The molecule has 0 unspecified atom stereocenters. The number of rotatable bonds is 5. The van der Waals surface area contributed by atoms with Crippen LogP contribution in [0.5, 0.6) is 0 Å². The molecule has 1 aromatic carbocycles. The number of benzene rings is 1. The Bertz CT molecular complexity index is 1120. The maximum Gasteiger partial charge on any atom is 0.407 e. The number of alkyl carbamates (subject to hydrolysis) is 1. The van der Waals surface area contributed by atoms with Crippen LogP contribution in [0.2, 0.25) is 0 Å². The zero-order valence-corrected chi connectivity index (χ0v) is 21.0. The number of nitrogens with zero attached hydrogens (tertiary/aromatic N) is 3. The number of sulfonamides is 1. The van der Waals surface area contributed by atoms with Crippen LogP contribution in [-0.4, -0.2) is 48.9 Å². The van der Waals surface area contributed by atoms with Gasteiger partial charge < -0.3 is 15.1 Å². The number of halogens is 1. The molecule has 1 fully saturated rings. The first kappa shape index (κ1) is 24.3. The SMILES string of the molecule is CC(C)(C)OC(=O)NC1CCN(n2ccc(NS(=O)(=O)c3ccc(I)cc3)nc2=O)CC1. The van der Waals surface area contributed by atoms with E-state index in [0.717, 1.165) is 3.57 Å². The molecule has 2 N–H and O–H groups in total. The monoisotopic (exact) mass is 575 g/mol. The van der Waals surface area contributed by atoms with E-state index < -0.39 is 27.4 Å². The molecule has 1 saturated heterocycles. The van der Waals surface area contributed by atoms with Gasteiger partial charge >= 0.3 is 11.8 Å². The Hall–Kier alpha value is -2.35. The molecule has 0 radical (unpaired) electrons. The number of carbonyl (C=O) groups excluding carboxylic acids is 1. The van der Waals surface area contributed by atoms with Gasteiger partial charge in [0.2, 0.25) is 0 Å². The zero-order valence-electron chi connectivity index (χ0n) is 18.0. The molecule has 0 aliphatic carbocycles. The fourth-order valence-electron chi connectivity index (χ4n) is 3.18. The van der Waals surface area contributed by atoms with Crippen LogP contribution in [0.1, 0.15) is 33.6 Å². The molecule has 1 aliphatic heterocycles. The van der Waals surface area contributed by atoms with E-state index >= 15 is 0 Å². The summed E-state index contributed by atoms with van der Waals surface area (Å²) in [5.74, 6) is -0.0497. The summed E-state index contributed by atoms with van der Waals surface area (Å²) in [4.78, 5) is 28.4. The van der Waals surface area contributed by atoms with E-state index in [1.165, 1.54) is 29.1 Å². The Balaban J connectivity index is 1.61. The molecule has 3 rings (SSSR count). The third-order valence-corrected chi connectivity index (χ3v) is 6.74. The van der Waals surface area contributed by atoms with Gasteiger partial charge in [-0.05, 0) is 80.5 Å². The molecule has 0 bridgehead atoms. The number of nitrogens with one attached hydrogen (secondary N) is 2. The van der Waals surface area contributed by atoms with Crippen molar-refractivity contribution in [3.05, 3.63) is 50.6 Å². The molecule has 2 heterocycles. The number of piperidine rings is 1. The lowest BCUT2D eigenvalue weighted by atomic mass is 10.1. The largest absolute Gasteiger partial charge is 0.444 e. The van der Waals surface area contributed by atoms with Crippen molar-refractivity contribution >= 4 is 44.5 Å². The van der Waals surface area contributed by atoms with E-state index in [2.05, 4.69) is 37.6 Å². The van der Waals surface area contributed by atoms with Gasteiger partial charge in [0.15, 0.2) is 0 Å². The second-order valence-corrected chi connectivity index (χ2v) is 11.3. The van der Waals surface area contributed by atoms with Gasteiger partial charge in [0.05, 0.1) is 4.90 Å². The second-order valence-electron chi connectivity index (χ2n) is 8.37. The van der Waals surface area contributed by atoms with Crippen LogP contribution in [0.3, 0.4) is 0 Å². The highest BCUT2D eigenvalue weighted by Crippen LogP contribution is 2.16. The Labute approximate surface area is 200 Å². The average molecular weight is 575 g/mol. The van der Waals surface area contributed by atoms with Crippen LogP contribution in [0.4, 0.5) is 10.6 Å². The molecule has 2 aromatic rings. The summed E-state index contributed by atoms with van der Waals surface area (Å²) in [6, 6.07) is 7.73. The van der Waals surface area contributed by atoms with Crippen LogP contribution < -0.4 is 20.7 Å². The molecule has 0 atom stereocenters. The quantitative estimate of drug-likeness (QED) is 0.525. The predicted molar refractivity (Wildman–Crippen MR) is 129 cm³/mol. The summed E-state index contributed by atoms with van der Waals surface area (Å²) >= 11 is 2.09. The van der Waals surface area contributed by atoms with Gasteiger partial charge in [0, 0.05) is 35.0 Å². The molecule has 32 heavy (non-hydrogen) atoms. The molecule has 1 aromatic heterocycles. The Morgan fingerprint density at radius 2 is 1.78 bits per heavy atom. The van der Waals surface area contributed by atoms with Gasteiger partial charge in [-0.15, -0.1) is 0 Å². The summed E-state index contributed by atoms with van der Waals surface area (Å²) in [5, 5.41) is 4.65. The number of carbonyl (C=O) groups is 1. The summed E-state index contributed by atoms with van der Waals surface area (Å²) in [7, 11) is -3.85. The smallest absolute Gasteiger partial charge is 0.407 e. The first-order valence-electron chi connectivity index (χ1n) is 10.1. The lowest BCUT2D eigenvalue weighted by Gasteiger charge is -2.34. The minimum atomic E-state index is -3.85. The van der Waals surface area contributed by atoms with E-state index in [0.29, 0.717) is 25.9 Å². The summed E-state index contributed by atoms with van der Waals surface area (Å²) in [6.07, 6.45) is 2.29. The van der Waals surface area contributed by atoms with E-state index in [-0.39, 0.29) is 16.8 Å². The minimum Gasteiger partial charge on any atom is -0.444 e. The van der Waals surface area contributed by atoms with Crippen molar-refractivity contribution in [3.63, 3.8) is 0 Å². The predicted octanol–water partition coefficient (Wildman–Crippen LogP) is 2.27. The Morgan fingerprint density at radius 1 is 1.16 bits per heavy atom. The summed E-state index contributed by atoms with van der Waals surface area (Å²) in [5.41, 5.74) is -1.15. The van der Waals surface area contributed by atoms with Crippen molar-refractivity contribution in [1.29, 1.82) is 0 Å². The maximum atomic E-state index is 12.5. The van der Waals surface area contributed by atoms with Gasteiger partial charge in [-0.1, -0.05) is 0 Å². The highest BCUT2D eigenvalue weighted by molar-refractivity contribution is 14.1. The molecule has 0 spiro atoms. The number of aromatic nitrogens is 2. The van der Waals surface area contributed by atoms with Gasteiger partial charge in [-0.25, -0.2) is 22.7 Å². The summed E-state index contributed by atoms with van der Waals surface area (Å²) < 4.78 is 34.9. The summed E-state index contributed by atoms with van der Waals surface area (Å²) in [6.45, 7) is 6.46. The van der Waals surface area contributed by atoms with E-state index in [9.17, 15) is 18.0 Å². The molecule has 10 nitrogen and oxygen atoms in total. The van der Waals surface area contributed by atoms with E-state index in [4.69, 9.17) is 4.74 Å². The molecule has 174 valence electrons. The lowest BCUT2D eigenvalue weighted by molar-refractivity contribution is 0.0495. The van der Waals surface area contributed by atoms with Crippen LogP contribution >= 0.6 is 22.6 Å². The highest BCUT2D eigenvalue weighted by Gasteiger charge is 2.24. The normalized spacial score (nSPS) is 15.3. The zero-order chi connectivity index (χ0) is 23.5. The number of anilines is 1. The van der Waals surface area contributed by atoms with Crippen molar-refractivity contribution in [2.45, 2.75) is 50.2 Å². The van der Waals surface area contributed by atoms with Crippen molar-refractivity contribution in [3.8, 4) is 0 Å². The molecule has 12 heteroatoms. The van der Waals surface area contributed by atoms with Crippen molar-refractivity contribution in [2.75, 3.05) is 22.8 Å². The second kappa shape index (κ2) is 9.65. The molecule has 1 amide bonds. The molecule has 1 aliphatic rings. The van der Waals surface area contributed by atoms with Crippen molar-refractivity contribution < 1.29 is 17.9 Å². The van der Waals surface area contributed by atoms with Crippen molar-refractivity contribution in [1.82, 2.24) is 15.0 Å². The number of ether oxygens (including phenoxy) is 1. The number of amides is 1. The standard InChI is InChI=1S/C20H26IN5O5S/c1-20(2,3)31-19(28)22-15-8-11-25(12-9-15)26-13-10-17(23-18(26)27)24-32(29,30)16-6-4-14(21)5-7-16/h4-7,10,13,15H,8-9,11-12H2,1-3H3,(H,22,28)(H,23,24,27). The lowest BCUT2D eigenvalue weighted by Crippen LogP contribution is -2.52. The van der Waals surface area contributed by atoms with Crippen LogP contribution in [0.15, 0.2) is 46.2 Å². The first-order chi connectivity index (χ1) is 14.9. The van der Waals surface area contributed by atoms with Gasteiger partial charge in [0.25, 0.3) is 10.0 Å². The molecular formula is C20H26IN5O5S. The topological polar surface area (TPSA) is 123 Å². The third kappa shape index (κ3) is 6.58. The van der Waals surface area contributed by atoms with Crippen LogP contribution in [0, 0.1) is 3.57 Å². The van der Waals surface area contributed by atoms with Crippen LogP contribution in [-0.2, 0) is 14.8 Å². The third-order valence-electron chi connectivity index (χ3n) is 4.65. The fraction of sp³-hybridized carbons (Fsp3) is 0.450.